The Labute approximate surface area is 569 Å². The lowest BCUT2D eigenvalue weighted by Crippen LogP contribution is -2.60. The number of anilines is 5. The molecule has 0 fully saturated rings. The van der Waals surface area contributed by atoms with Crippen LogP contribution in [0.2, 0.25) is 0 Å². The van der Waals surface area contributed by atoms with E-state index in [0.29, 0.717) is 28.3 Å². The molecule has 16 rings (SSSR count). The highest BCUT2D eigenvalue weighted by molar-refractivity contribution is 7.00. The van der Waals surface area contributed by atoms with E-state index >= 15 is 0 Å². The Balaban J connectivity index is 1.07. The van der Waals surface area contributed by atoms with Gasteiger partial charge in [-0.25, -0.2) is 0 Å². The second-order valence-electron chi connectivity index (χ2n) is 28.8. The van der Waals surface area contributed by atoms with Crippen LogP contribution in [0, 0.1) is 0 Å². The molecule has 0 radical (unpaired) electrons. The molecule has 2 aliphatic heterocycles. The van der Waals surface area contributed by atoms with Crippen LogP contribution in [0.1, 0.15) is 128 Å². The Bertz CT molecular complexity index is 6030. The van der Waals surface area contributed by atoms with Gasteiger partial charge in [-0.3, -0.25) is 9.97 Å². The van der Waals surface area contributed by atoms with Gasteiger partial charge >= 0.3 is 0 Å². The molecule has 93 heavy (non-hydrogen) atoms. The van der Waals surface area contributed by atoms with Crippen LogP contribution in [0.4, 0.5) is 28.4 Å². The van der Waals surface area contributed by atoms with Crippen LogP contribution in [-0.2, 0) is 21.7 Å². The van der Waals surface area contributed by atoms with Gasteiger partial charge in [0.25, 0.3) is 6.71 Å². The predicted molar refractivity (Wildman–Crippen MR) is 396 cm³/mol. The standard InChI is InChI=1S/C86H77BN6/c1-83(2,3)77-47-57(48-78(89-77)84(4,5)6)61-31-24-32-62(58-49-79(85(7,8)9)90-80(50-58)86(10,11)12)82(61)93-75-46-56(54-37-41-59(42-38-54)91-71-33-20-16-27-63(71)64-28-17-21-34-72(64)91)40-44-68(75)87-67-43-39-55(53-25-14-13-15-26-53)45-69(67)88-70-51-60(52-76(93)81(70)87)92-73-35-22-18-29-65(73)66-30-19-23-36-74(66)92/h13-52,88H,1-12H3/i16D,17D,18D,19D,20D,21D,22D,23D,27D,28D,29D,30D,33D,34D,35D,36D. The molecule has 0 atom stereocenters. The molecule has 6 nitrogen and oxygen atoms in total. The van der Waals surface area contributed by atoms with Crippen LogP contribution < -0.4 is 26.6 Å². The van der Waals surface area contributed by atoms with E-state index in [0.717, 1.165) is 95.2 Å². The summed E-state index contributed by atoms with van der Waals surface area (Å²) in [6.07, 6.45) is 0. The number of hydrogen-bond acceptors (Lipinski definition) is 4. The molecule has 454 valence electrons. The van der Waals surface area contributed by atoms with Crippen LogP contribution in [0.25, 0.3) is 99.5 Å². The second-order valence-corrected chi connectivity index (χ2v) is 28.8. The van der Waals surface area contributed by atoms with Crippen LogP contribution in [0.5, 0.6) is 0 Å². The summed E-state index contributed by atoms with van der Waals surface area (Å²) in [5.41, 5.74) is 15.1. The van der Waals surface area contributed by atoms with E-state index in [4.69, 9.17) is 20.9 Å². The van der Waals surface area contributed by atoms with E-state index in [-0.39, 0.29) is 43.6 Å². The van der Waals surface area contributed by atoms with Crippen LogP contribution in [0.15, 0.2) is 242 Å². The molecule has 0 spiro atoms. The second kappa shape index (κ2) is 21.2. The first-order valence-corrected chi connectivity index (χ1v) is 31.7. The van der Waals surface area contributed by atoms with Crippen molar-refractivity contribution in [3.63, 3.8) is 0 Å². The van der Waals surface area contributed by atoms with E-state index in [2.05, 4.69) is 184 Å². The van der Waals surface area contributed by atoms with E-state index in [1.807, 2.05) is 42.5 Å². The first-order valence-electron chi connectivity index (χ1n) is 39.7. The van der Waals surface area contributed by atoms with E-state index in [1.54, 1.807) is 16.7 Å². The molecule has 2 aliphatic rings. The molecule has 0 saturated carbocycles. The van der Waals surface area contributed by atoms with Gasteiger partial charge in [0.2, 0.25) is 0 Å². The molecule has 14 aromatic rings. The highest BCUT2D eigenvalue weighted by Crippen LogP contribution is 2.52. The fourth-order valence-electron chi connectivity index (χ4n) is 13.5. The summed E-state index contributed by atoms with van der Waals surface area (Å²) in [6.45, 7) is 25.3. The lowest BCUT2D eigenvalue weighted by atomic mass is 9.33. The van der Waals surface area contributed by atoms with Crippen molar-refractivity contribution in [2.45, 2.75) is 105 Å². The quantitative estimate of drug-likeness (QED) is 0.162. The number of para-hydroxylation sites is 5. The summed E-state index contributed by atoms with van der Waals surface area (Å²) in [6, 6.07) is 41.3. The number of rotatable bonds is 7. The maximum absolute atomic E-state index is 9.86. The smallest absolute Gasteiger partial charge is 0.252 e. The molecule has 0 aliphatic carbocycles. The molecular formula is C86H77BN6. The normalized spacial score (nSPS) is 15.6. The van der Waals surface area contributed by atoms with Crippen molar-refractivity contribution in [3.8, 4) is 55.9 Å². The van der Waals surface area contributed by atoms with Gasteiger partial charge in [0.1, 0.15) is 0 Å². The summed E-state index contributed by atoms with van der Waals surface area (Å²) in [4.78, 5) is 13.1. The summed E-state index contributed by atoms with van der Waals surface area (Å²) < 4.78 is 151. The molecule has 7 heteroatoms. The van der Waals surface area contributed by atoms with E-state index in [1.165, 1.54) is 4.57 Å². The van der Waals surface area contributed by atoms with Gasteiger partial charge in [0.15, 0.2) is 0 Å². The topological polar surface area (TPSA) is 50.9 Å². The average molecular weight is 1220 g/mol. The lowest BCUT2D eigenvalue weighted by Gasteiger charge is -2.42. The van der Waals surface area contributed by atoms with Crippen LogP contribution in [-0.4, -0.2) is 25.8 Å². The number of fused-ring (bicyclic) bond motifs is 10. The summed E-state index contributed by atoms with van der Waals surface area (Å²) >= 11 is 0. The fraction of sp³-hybridized carbons (Fsp3) is 0.186. The zero-order valence-electron chi connectivity index (χ0n) is 70.2. The maximum Gasteiger partial charge on any atom is 0.252 e. The summed E-state index contributed by atoms with van der Waals surface area (Å²) in [5, 5.41) is 3.73. The Morgan fingerprint density at radius 1 is 0.355 bits per heavy atom. The van der Waals surface area contributed by atoms with Crippen molar-refractivity contribution in [1.82, 2.24) is 19.1 Å². The highest BCUT2D eigenvalue weighted by atomic mass is 15.2. The third-order valence-electron chi connectivity index (χ3n) is 18.4. The van der Waals surface area contributed by atoms with Gasteiger partial charge in [0.05, 0.1) is 55.4 Å². The lowest BCUT2D eigenvalue weighted by molar-refractivity contribution is 0.531. The van der Waals surface area contributed by atoms with Crippen molar-refractivity contribution in [2.24, 2.45) is 0 Å². The van der Waals surface area contributed by atoms with Gasteiger partial charge in [-0.1, -0.05) is 241 Å². The van der Waals surface area contributed by atoms with Gasteiger partial charge in [-0.15, -0.1) is 0 Å². The predicted octanol–water partition coefficient (Wildman–Crippen LogP) is 20.9. The number of aromatic nitrogens is 4. The monoisotopic (exact) mass is 1220 g/mol. The zero-order chi connectivity index (χ0) is 78.0. The molecule has 0 unspecified atom stereocenters. The maximum atomic E-state index is 9.86. The summed E-state index contributed by atoms with van der Waals surface area (Å²) in [7, 11) is 0. The van der Waals surface area contributed by atoms with Crippen molar-refractivity contribution in [2.75, 3.05) is 10.2 Å². The van der Waals surface area contributed by atoms with E-state index < -0.39 is 125 Å². The number of nitrogens with zero attached hydrogens (tertiary/aromatic N) is 5. The zero-order valence-corrected chi connectivity index (χ0v) is 54.2. The van der Waals surface area contributed by atoms with Gasteiger partial charge in [-0.05, 0) is 135 Å². The third-order valence-corrected chi connectivity index (χ3v) is 18.4. The Morgan fingerprint density at radius 3 is 1.25 bits per heavy atom. The number of benzene rings is 10. The largest absolute Gasteiger partial charge is 0.356 e. The SMILES string of the molecule is [2H]c1c([2H])c([2H])c2c(c1[2H])c1c([2H])c([2H])c([2H])c([2H])c1n2-c1ccc(-c2ccc3c(c2)N(c2c(-c4cc(C(C)(C)C)nc(C(C)(C)C)c4)cccc2-c2cc(C(C)(C)C)nc(C(C)(C)C)c2)c2cc(-n4c5c([2H])c([2H])c([2H])c([2H])c5c5c([2H])c([2H])c([2H])c([2H])c54)cc4c2B3c2ccc(-c3ccccc3)cc2N4)cc1. The van der Waals surface area contributed by atoms with Crippen molar-refractivity contribution >= 4 is 95.1 Å². The first kappa shape index (κ1) is 42.8. The minimum Gasteiger partial charge on any atom is -0.356 e. The fourth-order valence-corrected chi connectivity index (χ4v) is 13.5. The first-order chi connectivity index (χ1) is 51.3. The Kier molecular flexibility index (Phi) is 9.73. The number of nitrogens with one attached hydrogen (secondary N) is 1. The Hall–Kier alpha value is -10.2. The third kappa shape index (κ3) is 9.68. The molecular weight excluding hydrogens is 1130 g/mol. The number of pyridine rings is 2. The number of hydrogen-bond donors (Lipinski definition) is 1. The van der Waals surface area contributed by atoms with Crippen molar-refractivity contribution in [1.29, 1.82) is 0 Å². The molecule has 6 heterocycles. The van der Waals surface area contributed by atoms with Crippen molar-refractivity contribution < 1.29 is 21.9 Å². The van der Waals surface area contributed by atoms with E-state index in [9.17, 15) is 11.0 Å². The van der Waals surface area contributed by atoms with Crippen molar-refractivity contribution in [3.05, 3.63) is 265 Å². The summed E-state index contributed by atoms with van der Waals surface area (Å²) in [5.74, 6) is 0. The molecule has 10 aromatic carbocycles. The minimum absolute atomic E-state index is 0.00584. The molecule has 0 bridgehead atoms. The highest BCUT2D eigenvalue weighted by Gasteiger charge is 2.43. The molecule has 1 N–H and O–H groups in total. The minimum atomic E-state index is -0.559. The Morgan fingerprint density at radius 2 is 0.774 bits per heavy atom. The average Bonchev–Trinajstić information content (AvgIpc) is 1.67. The van der Waals surface area contributed by atoms with Crippen LogP contribution in [0.3, 0.4) is 0 Å². The van der Waals surface area contributed by atoms with Crippen LogP contribution >= 0.6 is 0 Å². The molecule has 0 amide bonds. The van der Waals surface area contributed by atoms with Gasteiger partial charge < -0.3 is 19.4 Å². The van der Waals surface area contributed by atoms with Gasteiger partial charge in [0, 0.05) is 106 Å². The molecule has 0 saturated heterocycles. The van der Waals surface area contributed by atoms with Gasteiger partial charge in [-0.2, -0.15) is 0 Å². The molecule has 4 aromatic heterocycles.